The minimum atomic E-state index is -0.0483. The van der Waals surface area contributed by atoms with Crippen molar-refractivity contribution in [3.8, 4) is 0 Å². The molecule has 13 aliphatic carbocycles. The number of hydrogen-bond donors (Lipinski definition) is 0. The van der Waals surface area contributed by atoms with Crippen LogP contribution >= 0.6 is 0 Å². The smallest absolute Gasteiger partial charge is 0.312 e. The number of cyclic esters (lactones) is 3. The highest BCUT2D eigenvalue weighted by molar-refractivity contribution is 5.78. The first-order valence-corrected chi connectivity index (χ1v) is 46.6. The summed E-state index contributed by atoms with van der Waals surface area (Å²) in [6.45, 7) is 35.7. The predicted octanol–water partition coefficient (Wildman–Crippen LogP) is 18.3. The van der Waals surface area contributed by atoms with Gasteiger partial charge < -0.3 is 56.8 Å². The normalized spacial score (nSPS) is 46.0. The second kappa shape index (κ2) is 37.5. The van der Waals surface area contributed by atoms with Crippen LogP contribution in [0, 0.1) is 183 Å². The van der Waals surface area contributed by atoms with Crippen LogP contribution in [0.15, 0.2) is 0 Å². The van der Waals surface area contributed by atoms with Gasteiger partial charge >= 0.3 is 35.8 Å². The molecule has 0 spiro atoms. The Hall–Kier alpha value is -3.42. The van der Waals surface area contributed by atoms with Crippen LogP contribution in [0.25, 0.3) is 0 Å². The van der Waals surface area contributed by atoms with E-state index in [1.165, 1.54) is 116 Å². The summed E-state index contributed by atoms with van der Waals surface area (Å²) >= 11 is 0. The Morgan fingerprint density at radius 1 is 0.357 bits per heavy atom. The van der Waals surface area contributed by atoms with Crippen LogP contribution < -0.4 is 0 Å². The lowest BCUT2D eigenvalue weighted by atomic mass is 9.54. The van der Waals surface area contributed by atoms with Crippen LogP contribution in [0.2, 0.25) is 0 Å². The Balaban J connectivity index is 0.000000121. The summed E-state index contributed by atoms with van der Waals surface area (Å²) in [6, 6.07) is 0. The summed E-state index contributed by atoms with van der Waals surface area (Å²) in [4.78, 5) is 72.0. The molecule has 10 bridgehead atoms. The molecule has 0 aromatic carbocycles. The van der Waals surface area contributed by atoms with Gasteiger partial charge in [-0.25, -0.2) is 0 Å². The van der Waals surface area contributed by atoms with Crippen molar-refractivity contribution in [3.05, 3.63) is 0 Å². The molecule has 6 aliphatic heterocycles. The lowest BCUT2D eigenvalue weighted by molar-refractivity contribution is -0.213. The van der Waals surface area contributed by atoms with Crippen molar-refractivity contribution >= 4 is 35.8 Å². The van der Waals surface area contributed by atoms with E-state index in [0.29, 0.717) is 61.9 Å². The van der Waals surface area contributed by atoms with Gasteiger partial charge in [-0.15, -0.1) is 0 Å². The number of ether oxygens (including phenoxy) is 12. The van der Waals surface area contributed by atoms with Crippen LogP contribution in [0.5, 0.6) is 0 Å². The first-order valence-electron chi connectivity index (χ1n) is 46.6. The van der Waals surface area contributed by atoms with E-state index >= 15 is 0 Å². The van der Waals surface area contributed by atoms with Gasteiger partial charge in [0.1, 0.15) is 0 Å². The fourth-order valence-electron chi connectivity index (χ4n) is 29.7. The van der Waals surface area contributed by atoms with Crippen LogP contribution in [0.3, 0.4) is 0 Å². The molecule has 0 radical (unpaired) electrons. The van der Waals surface area contributed by atoms with Crippen LogP contribution in [0.1, 0.15) is 277 Å². The van der Waals surface area contributed by atoms with Crippen LogP contribution in [-0.2, 0) is 85.6 Å². The summed E-state index contributed by atoms with van der Waals surface area (Å²) in [5, 5.41) is 0. The average Bonchev–Trinajstić information content (AvgIpc) is 1.25. The van der Waals surface area contributed by atoms with Crippen molar-refractivity contribution in [2.75, 3.05) is 53.9 Å². The zero-order chi connectivity index (χ0) is 79.8. The maximum absolute atomic E-state index is 13.1. The quantitative estimate of drug-likeness (QED) is 0.0402. The Labute approximate surface area is 674 Å². The molecule has 13 saturated carbocycles. The standard InChI is InChI=1S/C26H40O3.C21H36O3.C17H28O3.3C10H16O3/c1-3-18-8-19(4-2)24-21-9-20(23(18)24)10-22(21)25(27)28-14-29-26-11-15-5-16(12-26)7-17(6-15)13-26;1-6-13-8-14(7-2)19-16-9-15(18(13)19)10-17(16)20(22)24-12-23-11-21(3,4)5;1-4-10-6-11(5-2)16-13-7-12(15(10)16)8-14(13)17(18)20-9-19-3;3*1-3-7-6-5-12-10(11)9(6)8(4-2)13-7/h15-24H,3-14H2,1-2H3;13-19H,6-12H2,1-5H3;10-16H,4-9H2,1-3H3;3*6-9H,3-5H2,1-2H3. The van der Waals surface area contributed by atoms with Crippen molar-refractivity contribution in [1.82, 2.24) is 0 Å². The number of esters is 6. The third-order valence-corrected chi connectivity index (χ3v) is 33.8. The molecule has 33 atom stereocenters. The van der Waals surface area contributed by atoms with Gasteiger partial charge in [0.15, 0.2) is 20.4 Å². The molecule has 0 aromatic heterocycles. The number of hydrogen-bond acceptors (Lipinski definition) is 18. The molecule has 6 saturated heterocycles. The van der Waals surface area contributed by atoms with Crippen molar-refractivity contribution in [2.24, 2.45) is 183 Å². The van der Waals surface area contributed by atoms with E-state index in [4.69, 9.17) is 56.8 Å². The molecule has 0 N–H and O–H groups in total. The van der Waals surface area contributed by atoms with E-state index in [-0.39, 0.29) is 139 Å². The van der Waals surface area contributed by atoms with Crippen LogP contribution in [-0.4, -0.2) is 132 Å². The first-order chi connectivity index (χ1) is 54.0. The molecule has 19 fully saturated rings. The van der Waals surface area contributed by atoms with E-state index in [9.17, 15) is 28.8 Å². The van der Waals surface area contributed by atoms with Gasteiger partial charge in [-0.1, -0.05) is 142 Å². The number of carbonyl (C=O) groups excluding carboxylic acids is 6. The Morgan fingerprint density at radius 3 is 0.938 bits per heavy atom. The first kappa shape index (κ1) is 86.4. The minimum Gasteiger partial charge on any atom is -0.465 e. The van der Waals surface area contributed by atoms with Crippen molar-refractivity contribution in [3.63, 3.8) is 0 Å². The van der Waals surface area contributed by atoms with E-state index in [0.717, 1.165) is 164 Å². The Kier molecular flexibility index (Phi) is 28.9. The van der Waals surface area contributed by atoms with Gasteiger partial charge in [0.05, 0.1) is 104 Å². The summed E-state index contributed by atoms with van der Waals surface area (Å²) in [6.07, 6.45) is 33.7. The lowest BCUT2D eigenvalue weighted by Gasteiger charge is -2.56. The van der Waals surface area contributed by atoms with Crippen molar-refractivity contribution in [2.45, 2.75) is 319 Å². The summed E-state index contributed by atoms with van der Waals surface area (Å²) in [5.41, 5.74) is 0.154. The third-order valence-electron chi connectivity index (χ3n) is 33.8. The number of rotatable bonds is 23. The van der Waals surface area contributed by atoms with Gasteiger partial charge in [0.2, 0.25) is 0 Å². The molecule has 6 heterocycles. The fraction of sp³-hybridized carbons (Fsp3) is 0.936. The van der Waals surface area contributed by atoms with E-state index in [1.807, 2.05) is 0 Å². The van der Waals surface area contributed by atoms with Gasteiger partial charge in [0.25, 0.3) is 0 Å². The van der Waals surface area contributed by atoms with E-state index in [1.54, 1.807) is 7.11 Å². The summed E-state index contributed by atoms with van der Waals surface area (Å²) in [5.74, 6) is 18.5. The third kappa shape index (κ3) is 17.4. The molecule has 33 unspecified atom stereocenters. The fourth-order valence-corrected chi connectivity index (χ4v) is 29.7. The highest BCUT2D eigenvalue weighted by atomic mass is 16.7. The highest BCUT2D eigenvalue weighted by Gasteiger charge is 2.65. The zero-order valence-electron chi connectivity index (χ0n) is 72.2. The number of methoxy groups -OCH3 is 1. The number of carbonyl (C=O) groups is 6. The maximum atomic E-state index is 13.1. The lowest BCUT2D eigenvalue weighted by Crippen LogP contribution is -2.52. The molecule has 112 heavy (non-hydrogen) atoms. The SMILES string of the molecule is CCC1CC(CC)C2C3CC(CC3C(=O)OCOC)C12.CCC1CC(CC)C2C3CC(CC3C(=O)OCOC34CC5CC(CC(C5)C3)C4)C12.CCC1CC(CC)C2C3CC(CC3C(=O)OCOCC(C)(C)C)C12.CCC1OC(CC)C2C(=O)OCC12.CCC1OC(CC)C2C(=O)OCC12.CCC1OC(CC)C2C(=O)OCC12. The summed E-state index contributed by atoms with van der Waals surface area (Å²) in [7, 11) is 1.57. The molecule has 19 rings (SSSR count). The minimum absolute atomic E-state index is 0.00432. The largest absolute Gasteiger partial charge is 0.465 e. The monoisotopic (exact) mass is 1570 g/mol. The molecule has 0 aromatic rings. The van der Waals surface area contributed by atoms with E-state index in [2.05, 4.69) is 104 Å². The second-order valence-electron chi connectivity index (χ2n) is 40.4. The molecular weight excluding hydrogens is 1420 g/mol. The molecule has 636 valence electrons. The maximum Gasteiger partial charge on any atom is 0.312 e. The average molecular weight is 1570 g/mol. The molecule has 0 amide bonds. The van der Waals surface area contributed by atoms with Crippen molar-refractivity contribution in [1.29, 1.82) is 0 Å². The molecular formula is C94H152O18. The van der Waals surface area contributed by atoms with Crippen LogP contribution in [0.4, 0.5) is 0 Å². The number of fused-ring (bicyclic) bond motifs is 18. The second-order valence-corrected chi connectivity index (χ2v) is 40.4. The highest BCUT2D eigenvalue weighted by Crippen LogP contribution is 2.69. The van der Waals surface area contributed by atoms with Crippen molar-refractivity contribution < 1.29 is 85.6 Å². The topological polar surface area (TPSA) is 213 Å². The van der Waals surface area contributed by atoms with Gasteiger partial charge in [-0.3, -0.25) is 28.8 Å². The van der Waals surface area contributed by atoms with Gasteiger partial charge in [0, 0.05) is 24.9 Å². The molecule has 18 heteroatoms. The Bertz CT molecular complexity index is 2980. The predicted molar refractivity (Wildman–Crippen MR) is 425 cm³/mol. The van der Waals surface area contributed by atoms with Gasteiger partial charge in [-0.05, 0) is 265 Å². The molecule has 19 aliphatic rings. The summed E-state index contributed by atoms with van der Waals surface area (Å²) < 4.78 is 65.9. The zero-order valence-corrected chi connectivity index (χ0v) is 72.2. The molecule has 18 nitrogen and oxygen atoms in total. The van der Waals surface area contributed by atoms with Gasteiger partial charge in [-0.2, -0.15) is 0 Å². The van der Waals surface area contributed by atoms with E-state index < -0.39 is 0 Å². The Morgan fingerprint density at radius 2 is 0.652 bits per heavy atom.